The van der Waals surface area contributed by atoms with E-state index in [2.05, 4.69) is 11.0 Å². The lowest BCUT2D eigenvalue weighted by Gasteiger charge is -2.22. The fourth-order valence-electron chi connectivity index (χ4n) is 2.36. The third-order valence-electron chi connectivity index (χ3n) is 3.27. The molecule has 1 aliphatic heterocycles. The Balaban J connectivity index is 2.19. The Morgan fingerprint density at radius 3 is 3.00 bits per heavy atom. The van der Waals surface area contributed by atoms with Crippen LogP contribution in [0.5, 0.6) is 0 Å². The lowest BCUT2D eigenvalue weighted by Crippen LogP contribution is -2.23. The van der Waals surface area contributed by atoms with Crippen LogP contribution >= 0.6 is 11.6 Å². The molecule has 2 N–H and O–H groups in total. The van der Waals surface area contributed by atoms with E-state index in [9.17, 15) is 0 Å². The molecule has 1 saturated heterocycles. The first kappa shape index (κ1) is 12.7. The summed E-state index contributed by atoms with van der Waals surface area (Å²) in [6, 6.07) is 6.05. The van der Waals surface area contributed by atoms with Crippen LogP contribution in [0.15, 0.2) is 18.2 Å². The molecule has 94 valence electrons. The zero-order valence-electron chi connectivity index (χ0n) is 10.2. The molecule has 1 unspecified atom stereocenters. The van der Waals surface area contributed by atoms with Crippen molar-refractivity contribution in [2.24, 2.45) is 5.73 Å². The van der Waals surface area contributed by atoms with Crippen LogP contribution in [0.2, 0.25) is 5.02 Å². The van der Waals surface area contributed by atoms with E-state index in [-0.39, 0.29) is 0 Å². The van der Waals surface area contributed by atoms with E-state index in [1.165, 1.54) is 11.3 Å². The summed E-state index contributed by atoms with van der Waals surface area (Å²) in [5.41, 5.74) is 8.13. The molecule has 4 heteroatoms. The van der Waals surface area contributed by atoms with Gasteiger partial charge in [-0.3, -0.25) is 0 Å². The van der Waals surface area contributed by atoms with Crippen molar-refractivity contribution in [2.75, 3.05) is 31.6 Å². The third kappa shape index (κ3) is 2.92. The fraction of sp³-hybridized carbons (Fsp3) is 0.538. The second kappa shape index (κ2) is 5.71. The zero-order chi connectivity index (χ0) is 12.3. The number of hydrogen-bond acceptors (Lipinski definition) is 3. The van der Waals surface area contributed by atoms with Crippen LogP contribution in [0, 0.1) is 0 Å². The Morgan fingerprint density at radius 1 is 1.53 bits per heavy atom. The largest absolute Gasteiger partial charge is 0.380 e. The number of anilines is 1. The molecule has 1 aliphatic rings. The summed E-state index contributed by atoms with van der Waals surface area (Å²) in [5, 5.41) is 0.777. The number of ether oxygens (including phenoxy) is 1. The molecule has 1 aromatic carbocycles. The summed E-state index contributed by atoms with van der Waals surface area (Å²) in [5.74, 6) is 0. The lowest BCUT2D eigenvalue weighted by molar-refractivity contribution is 0.121. The Morgan fingerprint density at radius 2 is 2.35 bits per heavy atom. The molecule has 1 fully saturated rings. The molecule has 0 radical (unpaired) electrons. The smallest absolute Gasteiger partial charge is 0.0762 e. The first-order valence-corrected chi connectivity index (χ1v) is 6.38. The number of methoxy groups -OCH3 is 1. The maximum atomic E-state index is 6.03. The van der Waals surface area contributed by atoms with Crippen molar-refractivity contribution in [2.45, 2.75) is 18.9 Å². The SMILES string of the molecule is COC1CCN(c2ccc(Cl)cc2CCN)C1. The standard InChI is InChI=1S/C13H19ClN2O/c1-17-12-5-7-16(9-12)13-3-2-11(14)8-10(13)4-6-15/h2-3,8,12H,4-7,9,15H2,1H3. The van der Waals surface area contributed by atoms with Crippen LogP contribution in [0.1, 0.15) is 12.0 Å². The minimum absolute atomic E-state index is 0.344. The van der Waals surface area contributed by atoms with Crippen LogP contribution in [-0.4, -0.2) is 32.8 Å². The Kier molecular flexibility index (Phi) is 4.26. The average Bonchev–Trinajstić information content (AvgIpc) is 2.78. The second-order valence-electron chi connectivity index (χ2n) is 4.40. The van der Waals surface area contributed by atoms with Crippen LogP contribution < -0.4 is 10.6 Å². The minimum atomic E-state index is 0.344. The van der Waals surface area contributed by atoms with E-state index < -0.39 is 0 Å². The van der Waals surface area contributed by atoms with Crippen molar-refractivity contribution in [3.8, 4) is 0 Å². The number of halogens is 1. The lowest BCUT2D eigenvalue weighted by atomic mass is 10.1. The van der Waals surface area contributed by atoms with Crippen LogP contribution in [0.3, 0.4) is 0 Å². The molecule has 0 amide bonds. The first-order chi connectivity index (χ1) is 8.24. The molecule has 17 heavy (non-hydrogen) atoms. The van der Waals surface area contributed by atoms with Crippen LogP contribution in [0.25, 0.3) is 0 Å². The summed E-state index contributed by atoms with van der Waals surface area (Å²) in [7, 11) is 1.77. The number of nitrogens with two attached hydrogens (primary N) is 1. The molecule has 1 heterocycles. The van der Waals surface area contributed by atoms with Gasteiger partial charge in [0.1, 0.15) is 0 Å². The van der Waals surface area contributed by atoms with Gasteiger partial charge in [-0.15, -0.1) is 0 Å². The number of nitrogens with zero attached hydrogens (tertiary/aromatic N) is 1. The van der Waals surface area contributed by atoms with E-state index in [0.29, 0.717) is 12.6 Å². The van der Waals surface area contributed by atoms with E-state index in [4.69, 9.17) is 22.1 Å². The highest BCUT2D eigenvalue weighted by atomic mass is 35.5. The van der Waals surface area contributed by atoms with Crippen LogP contribution in [-0.2, 0) is 11.2 Å². The second-order valence-corrected chi connectivity index (χ2v) is 4.84. The summed E-state index contributed by atoms with van der Waals surface area (Å²) in [6.45, 7) is 2.64. The summed E-state index contributed by atoms with van der Waals surface area (Å²) in [6.07, 6.45) is 2.29. The van der Waals surface area contributed by atoms with Gasteiger partial charge in [-0.2, -0.15) is 0 Å². The van der Waals surface area contributed by atoms with Gasteiger partial charge in [-0.1, -0.05) is 11.6 Å². The molecule has 1 atom stereocenters. The van der Waals surface area contributed by atoms with E-state index in [0.717, 1.165) is 31.0 Å². The highest BCUT2D eigenvalue weighted by molar-refractivity contribution is 6.30. The third-order valence-corrected chi connectivity index (χ3v) is 3.51. The zero-order valence-corrected chi connectivity index (χ0v) is 10.9. The molecular weight excluding hydrogens is 236 g/mol. The normalized spacial score (nSPS) is 19.9. The van der Waals surface area contributed by atoms with Gasteiger partial charge in [0.25, 0.3) is 0 Å². The van der Waals surface area contributed by atoms with Crippen molar-refractivity contribution in [1.29, 1.82) is 0 Å². The molecule has 0 saturated carbocycles. The predicted molar refractivity (Wildman–Crippen MR) is 71.8 cm³/mol. The van der Waals surface area contributed by atoms with Crippen molar-refractivity contribution in [1.82, 2.24) is 0 Å². The van der Waals surface area contributed by atoms with Gasteiger partial charge in [0.05, 0.1) is 6.10 Å². The summed E-state index contributed by atoms with van der Waals surface area (Å²) < 4.78 is 5.39. The first-order valence-electron chi connectivity index (χ1n) is 6.01. The fourth-order valence-corrected chi connectivity index (χ4v) is 2.55. The van der Waals surface area contributed by atoms with E-state index in [1.54, 1.807) is 7.11 Å². The van der Waals surface area contributed by atoms with Crippen molar-refractivity contribution in [3.63, 3.8) is 0 Å². The van der Waals surface area contributed by atoms with Gasteiger partial charge in [0.2, 0.25) is 0 Å². The Bertz CT molecular complexity index is 384. The van der Waals surface area contributed by atoms with Gasteiger partial charge >= 0.3 is 0 Å². The van der Waals surface area contributed by atoms with Gasteiger partial charge in [-0.25, -0.2) is 0 Å². The van der Waals surface area contributed by atoms with Crippen molar-refractivity contribution >= 4 is 17.3 Å². The molecule has 0 aromatic heterocycles. The van der Waals surface area contributed by atoms with Crippen molar-refractivity contribution < 1.29 is 4.74 Å². The quantitative estimate of drug-likeness (QED) is 0.894. The minimum Gasteiger partial charge on any atom is -0.380 e. The van der Waals surface area contributed by atoms with Gasteiger partial charge < -0.3 is 15.4 Å². The highest BCUT2D eigenvalue weighted by Gasteiger charge is 2.23. The van der Waals surface area contributed by atoms with Gasteiger partial charge in [-0.05, 0) is 43.1 Å². The monoisotopic (exact) mass is 254 g/mol. The highest BCUT2D eigenvalue weighted by Crippen LogP contribution is 2.28. The maximum absolute atomic E-state index is 6.03. The van der Waals surface area contributed by atoms with Crippen LogP contribution in [0.4, 0.5) is 5.69 Å². The Hall–Kier alpha value is -0.770. The molecule has 0 spiro atoms. The topological polar surface area (TPSA) is 38.5 Å². The van der Waals surface area contributed by atoms with E-state index >= 15 is 0 Å². The summed E-state index contributed by atoms with van der Waals surface area (Å²) in [4.78, 5) is 2.36. The van der Waals surface area contributed by atoms with Gasteiger partial charge in [0, 0.05) is 30.9 Å². The number of rotatable bonds is 4. The average molecular weight is 255 g/mol. The van der Waals surface area contributed by atoms with Crippen molar-refractivity contribution in [3.05, 3.63) is 28.8 Å². The molecule has 0 aliphatic carbocycles. The molecule has 0 bridgehead atoms. The number of benzene rings is 1. The molecule has 1 aromatic rings. The molecular formula is C13H19ClN2O. The van der Waals surface area contributed by atoms with E-state index in [1.807, 2.05) is 12.1 Å². The van der Waals surface area contributed by atoms with Gasteiger partial charge in [0.15, 0.2) is 0 Å². The predicted octanol–water partition coefficient (Wildman–Crippen LogP) is 2.07. The summed E-state index contributed by atoms with van der Waals surface area (Å²) >= 11 is 6.03. The Labute approximate surface area is 107 Å². The maximum Gasteiger partial charge on any atom is 0.0762 e. The number of hydrogen-bond donors (Lipinski definition) is 1. The molecule has 3 nitrogen and oxygen atoms in total. The molecule has 2 rings (SSSR count).